The van der Waals surface area contributed by atoms with E-state index in [1.54, 1.807) is 0 Å². The van der Waals surface area contributed by atoms with E-state index in [4.69, 9.17) is 5.26 Å². The van der Waals surface area contributed by atoms with Crippen LogP contribution in [-0.4, -0.2) is 30.6 Å². The Morgan fingerprint density at radius 3 is 2.81 bits per heavy atom. The highest BCUT2D eigenvalue weighted by molar-refractivity contribution is 5.37. The number of piperidine rings is 1. The Labute approximate surface area is 129 Å². The van der Waals surface area contributed by atoms with Gasteiger partial charge in [-0.25, -0.2) is 0 Å². The number of nitrogens with zero attached hydrogens (tertiary/aromatic N) is 2. The maximum Gasteiger partial charge on any atom is 0.0991 e. The summed E-state index contributed by atoms with van der Waals surface area (Å²) >= 11 is 0. The van der Waals surface area contributed by atoms with Crippen LogP contribution in [0.25, 0.3) is 0 Å². The third-order valence-corrected chi connectivity index (χ3v) is 4.47. The van der Waals surface area contributed by atoms with Crippen molar-refractivity contribution in [3.63, 3.8) is 0 Å². The van der Waals surface area contributed by atoms with Crippen molar-refractivity contribution in [3.8, 4) is 6.07 Å². The minimum absolute atomic E-state index is 0.543. The highest BCUT2D eigenvalue weighted by Gasteiger charge is 2.19. The van der Waals surface area contributed by atoms with Gasteiger partial charge in [0.1, 0.15) is 0 Å². The van der Waals surface area contributed by atoms with E-state index >= 15 is 0 Å². The van der Waals surface area contributed by atoms with Gasteiger partial charge in [-0.15, -0.1) is 0 Å². The molecular formula is C18H27N3. The molecule has 1 aromatic rings. The predicted molar refractivity (Wildman–Crippen MR) is 87.0 cm³/mol. The summed E-state index contributed by atoms with van der Waals surface area (Å²) in [6, 6.07) is 8.80. The minimum Gasteiger partial charge on any atom is -0.316 e. The Morgan fingerprint density at radius 2 is 2.24 bits per heavy atom. The van der Waals surface area contributed by atoms with E-state index in [9.17, 15) is 0 Å². The number of rotatable bonds is 5. The van der Waals surface area contributed by atoms with Gasteiger partial charge in [-0.1, -0.05) is 6.07 Å². The molecule has 0 bridgehead atoms. The first-order valence-corrected chi connectivity index (χ1v) is 8.04. The SMILES string of the molecule is Cc1cc(C#N)ccc1CN(CC1CCCNC1)C(C)C. The Morgan fingerprint density at radius 1 is 1.43 bits per heavy atom. The highest BCUT2D eigenvalue weighted by atomic mass is 15.1. The van der Waals surface area contributed by atoms with Gasteiger partial charge >= 0.3 is 0 Å². The van der Waals surface area contributed by atoms with Crippen LogP contribution in [0.3, 0.4) is 0 Å². The number of benzene rings is 1. The molecule has 0 spiro atoms. The normalized spacial score (nSPS) is 19.0. The monoisotopic (exact) mass is 285 g/mol. The van der Waals surface area contributed by atoms with Crippen molar-refractivity contribution in [2.24, 2.45) is 5.92 Å². The van der Waals surface area contributed by atoms with Crippen LogP contribution in [0.4, 0.5) is 0 Å². The maximum absolute atomic E-state index is 8.97. The van der Waals surface area contributed by atoms with Crippen LogP contribution in [0.1, 0.15) is 43.4 Å². The predicted octanol–water partition coefficient (Wildman–Crippen LogP) is 3.08. The van der Waals surface area contributed by atoms with Crippen molar-refractivity contribution >= 4 is 0 Å². The molecular weight excluding hydrogens is 258 g/mol. The molecule has 1 unspecified atom stereocenters. The second kappa shape index (κ2) is 7.59. The molecule has 1 aromatic carbocycles. The molecule has 1 N–H and O–H groups in total. The number of nitriles is 1. The fraction of sp³-hybridized carbons (Fsp3) is 0.611. The second-order valence-corrected chi connectivity index (χ2v) is 6.49. The van der Waals surface area contributed by atoms with Crippen molar-refractivity contribution in [2.45, 2.75) is 46.2 Å². The Hall–Kier alpha value is -1.37. The standard InChI is InChI=1S/C18H27N3/c1-14(2)21(12-17-5-4-8-20-11-17)13-18-7-6-16(10-19)9-15(18)3/h6-7,9,14,17,20H,4-5,8,11-13H2,1-3H3. The van der Waals surface area contributed by atoms with Crippen molar-refractivity contribution in [1.82, 2.24) is 10.2 Å². The van der Waals surface area contributed by atoms with Gasteiger partial charge in [-0.05, 0) is 75.9 Å². The lowest BCUT2D eigenvalue weighted by molar-refractivity contribution is 0.163. The molecule has 21 heavy (non-hydrogen) atoms. The van der Waals surface area contributed by atoms with Gasteiger partial charge in [-0.3, -0.25) is 4.90 Å². The zero-order valence-corrected chi connectivity index (χ0v) is 13.5. The summed E-state index contributed by atoms with van der Waals surface area (Å²) < 4.78 is 0. The molecule has 3 heteroatoms. The van der Waals surface area contributed by atoms with Crippen molar-refractivity contribution in [1.29, 1.82) is 5.26 Å². The molecule has 1 atom stereocenters. The first-order chi connectivity index (χ1) is 10.1. The zero-order chi connectivity index (χ0) is 15.2. The van der Waals surface area contributed by atoms with E-state index in [-0.39, 0.29) is 0 Å². The van der Waals surface area contributed by atoms with E-state index < -0.39 is 0 Å². The lowest BCUT2D eigenvalue weighted by Crippen LogP contribution is -2.40. The first kappa shape index (κ1) is 16.0. The smallest absolute Gasteiger partial charge is 0.0991 e. The number of hydrogen-bond acceptors (Lipinski definition) is 3. The molecule has 1 saturated heterocycles. The molecule has 3 nitrogen and oxygen atoms in total. The van der Waals surface area contributed by atoms with E-state index in [0.29, 0.717) is 6.04 Å². The topological polar surface area (TPSA) is 39.1 Å². The van der Waals surface area contributed by atoms with Gasteiger partial charge in [0.05, 0.1) is 11.6 Å². The summed E-state index contributed by atoms with van der Waals surface area (Å²) in [4.78, 5) is 2.56. The van der Waals surface area contributed by atoms with Gasteiger partial charge in [0, 0.05) is 19.1 Å². The van der Waals surface area contributed by atoms with Gasteiger partial charge in [0.25, 0.3) is 0 Å². The Bertz CT molecular complexity index is 496. The molecule has 0 radical (unpaired) electrons. The number of hydrogen-bond donors (Lipinski definition) is 1. The van der Waals surface area contributed by atoms with E-state index in [0.717, 1.165) is 31.1 Å². The molecule has 1 aliphatic rings. The molecule has 0 amide bonds. The molecule has 2 rings (SSSR count). The van der Waals surface area contributed by atoms with Crippen LogP contribution in [0, 0.1) is 24.2 Å². The fourth-order valence-electron chi connectivity index (χ4n) is 3.03. The molecule has 0 aliphatic carbocycles. The highest BCUT2D eigenvalue weighted by Crippen LogP contribution is 2.18. The van der Waals surface area contributed by atoms with Crippen LogP contribution in [0.2, 0.25) is 0 Å². The number of nitrogens with one attached hydrogen (secondary N) is 1. The first-order valence-electron chi connectivity index (χ1n) is 8.04. The quantitative estimate of drug-likeness (QED) is 0.903. The fourth-order valence-corrected chi connectivity index (χ4v) is 3.03. The third kappa shape index (κ3) is 4.56. The molecule has 1 aliphatic heterocycles. The molecule has 1 fully saturated rings. The van der Waals surface area contributed by atoms with Crippen LogP contribution >= 0.6 is 0 Å². The molecule has 0 saturated carbocycles. The molecule has 114 valence electrons. The summed E-state index contributed by atoms with van der Waals surface area (Å²) in [7, 11) is 0. The Kier molecular flexibility index (Phi) is 5.78. The van der Waals surface area contributed by atoms with E-state index in [1.807, 2.05) is 12.1 Å². The van der Waals surface area contributed by atoms with Crippen molar-refractivity contribution in [3.05, 3.63) is 34.9 Å². The van der Waals surface area contributed by atoms with Gasteiger partial charge in [-0.2, -0.15) is 5.26 Å². The third-order valence-electron chi connectivity index (χ3n) is 4.47. The average Bonchev–Trinajstić information content (AvgIpc) is 2.49. The summed E-state index contributed by atoms with van der Waals surface area (Å²) in [6.45, 7) is 11.1. The second-order valence-electron chi connectivity index (χ2n) is 6.49. The minimum atomic E-state index is 0.543. The summed E-state index contributed by atoms with van der Waals surface area (Å²) in [5, 5.41) is 12.5. The summed E-state index contributed by atoms with van der Waals surface area (Å²) in [6.07, 6.45) is 2.63. The van der Waals surface area contributed by atoms with Crippen LogP contribution in [0.15, 0.2) is 18.2 Å². The van der Waals surface area contributed by atoms with Gasteiger partial charge in [0.15, 0.2) is 0 Å². The van der Waals surface area contributed by atoms with E-state index in [2.05, 4.69) is 43.1 Å². The van der Waals surface area contributed by atoms with Crippen LogP contribution < -0.4 is 5.32 Å². The van der Waals surface area contributed by atoms with Crippen molar-refractivity contribution < 1.29 is 0 Å². The lowest BCUT2D eigenvalue weighted by Gasteiger charge is -2.33. The zero-order valence-electron chi connectivity index (χ0n) is 13.5. The van der Waals surface area contributed by atoms with Crippen molar-refractivity contribution in [2.75, 3.05) is 19.6 Å². The van der Waals surface area contributed by atoms with E-state index in [1.165, 1.54) is 30.5 Å². The average molecular weight is 285 g/mol. The Balaban J connectivity index is 2.03. The summed E-state index contributed by atoms with van der Waals surface area (Å²) in [5.74, 6) is 0.764. The van der Waals surface area contributed by atoms with Gasteiger partial charge < -0.3 is 5.32 Å². The van der Waals surface area contributed by atoms with Crippen LogP contribution in [-0.2, 0) is 6.54 Å². The molecule has 0 aromatic heterocycles. The lowest BCUT2D eigenvalue weighted by atomic mass is 9.97. The number of aryl methyl sites for hydroxylation is 1. The summed E-state index contributed by atoms with van der Waals surface area (Å²) in [5.41, 5.74) is 3.32. The van der Waals surface area contributed by atoms with Gasteiger partial charge in [0.2, 0.25) is 0 Å². The molecule has 1 heterocycles. The maximum atomic E-state index is 8.97. The largest absolute Gasteiger partial charge is 0.316 e. The van der Waals surface area contributed by atoms with Crippen LogP contribution in [0.5, 0.6) is 0 Å².